The molecule has 1 aromatic carbocycles. The quantitative estimate of drug-likeness (QED) is 0.825. The third-order valence-electron chi connectivity index (χ3n) is 2.80. The molecule has 100 valence electrons. The number of ether oxygens (including phenoxy) is 1. The van der Waals surface area contributed by atoms with Gasteiger partial charge in [-0.15, -0.1) is 0 Å². The van der Waals surface area contributed by atoms with Crippen LogP contribution in [-0.2, 0) is 9.53 Å². The first-order valence-electron chi connectivity index (χ1n) is 5.73. The van der Waals surface area contributed by atoms with Crippen LogP contribution in [0.3, 0.4) is 0 Å². The molecule has 2 N–H and O–H groups in total. The van der Waals surface area contributed by atoms with Crippen molar-refractivity contribution in [2.45, 2.75) is 32.2 Å². The molecule has 0 aliphatic carbocycles. The Hall–Kier alpha value is -1.49. The van der Waals surface area contributed by atoms with Crippen LogP contribution in [-0.4, -0.2) is 13.1 Å². The van der Waals surface area contributed by atoms with Gasteiger partial charge in [-0.25, -0.2) is 8.78 Å². The largest absolute Gasteiger partial charge is 0.469 e. The lowest BCUT2D eigenvalue weighted by atomic mass is 9.99. The third-order valence-corrected chi connectivity index (χ3v) is 2.80. The van der Waals surface area contributed by atoms with Gasteiger partial charge in [-0.1, -0.05) is 0 Å². The maximum Gasteiger partial charge on any atom is 0.305 e. The van der Waals surface area contributed by atoms with Gasteiger partial charge in [0.2, 0.25) is 0 Å². The van der Waals surface area contributed by atoms with E-state index in [1.165, 1.54) is 13.2 Å². The molecule has 1 aromatic rings. The summed E-state index contributed by atoms with van der Waals surface area (Å²) in [4.78, 5) is 10.9. The summed E-state index contributed by atoms with van der Waals surface area (Å²) in [6, 6.07) is 1.70. The molecule has 1 atom stereocenters. The van der Waals surface area contributed by atoms with E-state index in [-0.39, 0.29) is 18.0 Å². The lowest BCUT2D eigenvalue weighted by Gasteiger charge is -2.13. The fourth-order valence-corrected chi connectivity index (χ4v) is 1.69. The molecular formula is C13H17F2NO2. The Morgan fingerprint density at radius 3 is 2.67 bits per heavy atom. The van der Waals surface area contributed by atoms with E-state index in [1.54, 1.807) is 6.92 Å². The van der Waals surface area contributed by atoms with Gasteiger partial charge in [0.25, 0.3) is 0 Å². The van der Waals surface area contributed by atoms with Crippen LogP contribution in [0.15, 0.2) is 12.1 Å². The van der Waals surface area contributed by atoms with Crippen LogP contribution in [0.1, 0.15) is 36.4 Å². The maximum atomic E-state index is 13.5. The van der Waals surface area contributed by atoms with Crippen LogP contribution in [0.25, 0.3) is 0 Å². The molecule has 0 fully saturated rings. The molecule has 0 spiro atoms. The second kappa shape index (κ2) is 6.44. The third kappa shape index (κ3) is 3.77. The number of hydrogen-bond donors (Lipinski definition) is 1. The van der Waals surface area contributed by atoms with Gasteiger partial charge in [0.1, 0.15) is 11.6 Å². The molecule has 0 saturated carbocycles. The topological polar surface area (TPSA) is 52.3 Å². The van der Waals surface area contributed by atoms with E-state index < -0.39 is 17.7 Å². The molecule has 0 amide bonds. The molecule has 1 unspecified atom stereocenters. The monoisotopic (exact) mass is 257 g/mol. The molecule has 5 heteroatoms. The van der Waals surface area contributed by atoms with Crippen molar-refractivity contribution in [3.05, 3.63) is 34.9 Å². The first-order chi connectivity index (χ1) is 8.45. The Labute approximate surface area is 105 Å². The van der Waals surface area contributed by atoms with E-state index in [0.29, 0.717) is 18.4 Å². The fourth-order valence-electron chi connectivity index (χ4n) is 1.69. The summed E-state index contributed by atoms with van der Waals surface area (Å²) in [5, 5.41) is 0. The van der Waals surface area contributed by atoms with Gasteiger partial charge in [-0.3, -0.25) is 4.79 Å². The fraction of sp³-hybridized carbons (Fsp3) is 0.462. The summed E-state index contributed by atoms with van der Waals surface area (Å²) < 4.78 is 31.1. The Bertz CT molecular complexity index is 435. The van der Waals surface area contributed by atoms with Crippen molar-refractivity contribution >= 4 is 5.97 Å². The minimum Gasteiger partial charge on any atom is -0.469 e. The van der Waals surface area contributed by atoms with Gasteiger partial charge >= 0.3 is 5.97 Å². The number of hydrogen-bond acceptors (Lipinski definition) is 3. The van der Waals surface area contributed by atoms with Gasteiger partial charge in [0.15, 0.2) is 0 Å². The minimum atomic E-state index is -0.649. The standard InChI is InChI=1S/C13H17F2NO2/c1-8-6-9(11(15)7-10(8)14)12(16)4-3-5-13(17)18-2/h6-7,12H,3-5,16H2,1-2H3. The summed E-state index contributed by atoms with van der Waals surface area (Å²) in [6.07, 6.45) is 1.19. The second-order valence-electron chi connectivity index (χ2n) is 4.20. The van der Waals surface area contributed by atoms with Gasteiger partial charge in [0.05, 0.1) is 7.11 Å². The summed E-state index contributed by atoms with van der Waals surface area (Å²) in [7, 11) is 1.31. The van der Waals surface area contributed by atoms with E-state index in [9.17, 15) is 13.6 Å². The van der Waals surface area contributed by atoms with Crippen molar-refractivity contribution in [3.8, 4) is 0 Å². The molecule has 0 saturated heterocycles. The number of benzene rings is 1. The molecule has 0 radical (unpaired) electrons. The van der Waals surface area contributed by atoms with Crippen molar-refractivity contribution in [1.29, 1.82) is 0 Å². The molecule has 3 nitrogen and oxygen atoms in total. The van der Waals surface area contributed by atoms with E-state index in [4.69, 9.17) is 5.73 Å². The van der Waals surface area contributed by atoms with Gasteiger partial charge in [-0.2, -0.15) is 0 Å². The van der Waals surface area contributed by atoms with Crippen molar-refractivity contribution in [2.24, 2.45) is 5.73 Å². The van der Waals surface area contributed by atoms with Crippen LogP contribution in [0.2, 0.25) is 0 Å². The highest BCUT2D eigenvalue weighted by Gasteiger charge is 2.14. The first-order valence-corrected chi connectivity index (χ1v) is 5.73. The van der Waals surface area contributed by atoms with E-state index >= 15 is 0 Å². The molecule has 0 aliphatic rings. The van der Waals surface area contributed by atoms with Crippen molar-refractivity contribution in [2.75, 3.05) is 7.11 Å². The zero-order valence-electron chi connectivity index (χ0n) is 10.5. The molecular weight excluding hydrogens is 240 g/mol. The summed E-state index contributed by atoms with van der Waals surface area (Å²) in [5.74, 6) is -1.56. The lowest BCUT2D eigenvalue weighted by molar-refractivity contribution is -0.140. The minimum absolute atomic E-state index is 0.242. The van der Waals surface area contributed by atoms with Crippen molar-refractivity contribution in [1.82, 2.24) is 0 Å². The zero-order chi connectivity index (χ0) is 13.7. The zero-order valence-corrected chi connectivity index (χ0v) is 10.5. The molecule has 0 aliphatic heterocycles. The van der Waals surface area contributed by atoms with Gasteiger partial charge in [0, 0.05) is 24.1 Å². The van der Waals surface area contributed by atoms with E-state index in [0.717, 1.165) is 6.07 Å². The number of nitrogens with two attached hydrogens (primary N) is 1. The molecule has 0 heterocycles. The molecule has 1 rings (SSSR count). The predicted molar refractivity (Wildman–Crippen MR) is 63.9 cm³/mol. The lowest BCUT2D eigenvalue weighted by Crippen LogP contribution is -2.13. The molecule has 0 aromatic heterocycles. The average molecular weight is 257 g/mol. The summed E-state index contributed by atoms with van der Waals surface area (Å²) >= 11 is 0. The highest BCUT2D eigenvalue weighted by atomic mass is 19.1. The van der Waals surface area contributed by atoms with Crippen molar-refractivity contribution < 1.29 is 18.3 Å². The Morgan fingerprint density at radius 2 is 2.06 bits per heavy atom. The smallest absolute Gasteiger partial charge is 0.305 e. The van der Waals surface area contributed by atoms with Gasteiger partial charge in [-0.05, 0) is 31.4 Å². The normalized spacial score (nSPS) is 12.3. The van der Waals surface area contributed by atoms with Gasteiger partial charge < -0.3 is 10.5 Å². The highest BCUT2D eigenvalue weighted by molar-refractivity contribution is 5.69. The van der Waals surface area contributed by atoms with Crippen LogP contribution >= 0.6 is 0 Å². The Morgan fingerprint density at radius 1 is 1.39 bits per heavy atom. The van der Waals surface area contributed by atoms with Crippen molar-refractivity contribution in [3.63, 3.8) is 0 Å². The van der Waals surface area contributed by atoms with E-state index in [2.05, 4.69) is 4.74 Å². The number of carbonyl (C=O) groups excluding carboxylic acids is 1. The Kier molecular flexibility index (Phi) is 5.22. The number of esters is 1. The number of methoxy groups -OCH3 is 1. The molecule has 0 bridgehead atoms. The SMILES string of the molecule is COC(=O)CCCC(N)c1cc(C)c(F)cc1F. The van der Waals surface area contributed by atoms with Crippen LogP contribution in [0.4, 0.5) is 8.78 Å². The predicted octanol–water partition coefficient (Wildman–Crippen LogP) is 2.62. The van der Waals surface area contributed by atoms with Crippen LogP contribution in [0, 0.1) is 18.6 Å². The maximum absolute atomic E-state index is 13.5. The van der Waals surface area contributed by atoms with Crippen LogP contribution in [0.5, 0.6) is 0 Å². The second-order valence-corrected chi connectivity index (χ2v) is 4.20. The molecule has 18 heavy (non-hydrogen) atoms. The van der Waals surface area contributed by atoms with Crippen LogP contribution < -0.4 is 5.73 Å². The number of rotatable bonds is 5. The first kappa shape index (κ1) is 14.6. The average Bonchev–Trinajstić information content (AvgIpc) is 2.33. The highest BCUT2D eigenvalue weighted by Crippen LogP contribution is 2.23. The summed E-state index contributed by atoms with van der Waals surface area (Å²) in [6.45, 7) is 1.56. The summed E-state index contributed by atoms with van der Waals surface area (Å²) in [5.41, 5.74) is 6.46. The number of halogens is 2. The number of carbonyl (C=O) groups is 1. The Balaban J connectivity index is 2.64. The van der Waals surface area contributed by atoms with E-state index in [1.807, 2.05) is 0 Å². The number of aryl methyl sites for hydroxylation is 1.